The van der Waals surface area contributed by atoms with Crippen LogP contribution in [0, 0.1) is 5.92 Å². The molecule has 12 heteroatoms. The maximum atomic E-state index is 13.3. The Bertz CT molecular complexity index is 1310. The molecule has 37 heavy (non-hydrogen) atoms. The average Bonchev–Trinajstić information content (AvgIpc) is 3.54. The molecule has 0 spiro atoms. The topological polar surface area (TPSA) is 144 Å². The summed E-state index contributed by atoms with van der Waals surface area (Å²) in [5.74, 6) is 0.493. The van der Waals surface area contributed by atoms with Gasteiger partial charge in [-0.25, -0.2) is 4.98 Å². The third-order valence-corrected chi connectivity index (χ3v) is 7.27. The van der Waals surface area contributed by atoms with Crippen LogP contribution in [0.1, 0.15) is 42.1 Å². The highest BCUT2D eigenvalue weighted by atomic mass is 16.5. The van der Waals surface area contributed by atoms with Gasteiger partial charge in [-0.15, -0.1) is 0 Å². The Morgan fingerprint density at radius 2 is 2.08 bits per heavy atom. The van der Waals surface area contributed by atoms with Gasteiger partial charge in [0.25, 0.3) is 11.5 Å². The maximum Gasteiger partial charge on any atom is 0.274 e. The normalized spacial score (nSPS) is 23.8. The van der Waals surface area contributed by atoms with E-state index in [1.807, 2.05) is 12.3 Å². The molecule has 5 rings (SSSR count). The van der Waals surface area contributed by atoms with E-state index in [0.29, 0.717) is 29.6 Å². The Morgan fingerprint density at radius 1 is 1.27 bits per heavy atom. The number of aliphatic hydroxyl groups is 1. The predicted octanol–water partition coefficient (Wildman–Crippen LogP) is 1.54. The Kier molecular flexibility index (Phi) is 7.40. The van der Waals surface area contributed by atoms with Gasteiger partial charge in [0.05, 0.1) is 31.6 Å². The summed E-state index contributed by atoms with van der Waals surface area (Å²) in [4.78, 5) is 30.9. The van der Waals surface area contributed by atoms with Crippen LogP contribution < -0.4 is 21.5 Å². The van der Waals surface area contributed by atoms with Gasteiger partial charge in [-0.1, -0.05) is 0 Å². The molecule has 0 bridgehead atoms. The zero-order chi connectivity index (χ0) is 25.9. The van der Waals surface area contributed by atoms with Crippen molar-refractivity contribution in [1.82, 2.24) is 24.5 Å². The minimum atomic E-state index is -0.598. The molecule has 2 fully saturated rings. The van der Waals surface area contributed by atoms with Crippen molar-refractivity contribution in [1.29, 1.82) is 0 Å². The van der Waals surface area contributed by atoms with Crippen LogP contribution in [0.4, 0.5) is 17.3 Å². The molecule has 1 amide bonds. The van der Waals surface area contributed by atoms with Gasteiger partial charge >= 0.3 is 0 Å². The van der Waals surface area contributed by atoms with Crippen LogP contribution in [0.15, 0.2) is 35.4 Å². The van der Waals surface area contributed by atoms with Crippen molar-refractivity contribution in [3.05, 3.63) is 46.5 Å². The number of carbonyl (C=O) groups excluding carboxylic acids is 1. The van der Waals surface area contributed by atoms with E-state index in [-0.39, 0.29) is 48.2 Å². The van der Waals surface area contributed by atoms with Crippen molar-refractivity contribution in [2.24, 2.45) is 5.92 Å². The first kappa shape index (κ1) is 25.2. The van der Waals surface area contributed by atoms with E-state index in [2.05, 4.69) is 26.0 Å². The van der Waals surface area contributed by atoms with Crippen molar-refractivity contribution >= 4 is 28.9 Å². The molecule has 2 aliphatic rings. The van der Waals surface area contributed by atoms with Gasteiger partial charge in [0.1, 0.15) is 22.9 Å². The molecule has 2 atom stereocenters. The van der Waals surface area contributed by atoms with Crippen LogP contribution in [-0.4, -0.2) is 76.3 Å². The van der Waals surface area contributed by atoms with Crippen LogP contribution in [0.2, 0.25) is 0 Å². The quantitative estimate of drug-likeness (QED) is 0.354. The molecular weight excluding hydrogens is 478 g/mol. The zero-order valence-corrected chi connectivity index (χ0v) is 21.0. The highest BCUT2D eigenvalue weighted by molar-refractivity contribution is 6.00. The van der Waals surface area contributed by atoms with Gasteiger partial charge in [-0.05, 0) is 37.8 Å². The van der Waals surface area contributed by atoms with Gasteiger partial charge in [0.15, 0.2) is 5.65 Å². The summed E-state index contributed by atoms with van der Waals surface area (Å²) in [6, 6.07) is 5.43. The number of pyridine rings is 1. The predicted molar refractivity (Wildman–Crippen MR) is 137 cm³/mol. The standard InChI is InChI=1S/C25H33N7O5/c1-26-22-10-21(29-19-4-3-9-31(25(19)35)16-5-7-17(36-2)8-6-16)30-23-18(12-28-32(22)23)24(34)27-11-15-13-37-14-20(15)33/h3-4,9-10,12,15-17,20,26,33H,5-8,11,13-14H2,1-2H3,(H,27,34)(H,29,30)/t15-,16?,17?,20+/m0/s1. The summed E-state index contributed by atoms with van der Waals surface area (Å²) in [7, 11) is 3.48. The van der Waals surface area contributed by atoms with Crippen molar-refractivity contribution in [3.63, 3.8) is 0 Å². The van der Waals surface area contributed by atoms with Gasteiger partial charge in [-0.3, -0.25) is 9.59 Å². The lowest BCUT2D eigenvalue weighted by Gasteiger charge is -2.29. The largest absolute Gasteiger partial charge is 0.390 e. The van der Waals surface area contributed by atoms with E-state index in [1.54, 1.807) is 30.9 Å². The van der Waals surface area contributed by atoms with Gasteiger partial charge in [0.2, 0.25) is 0 Å². The lowest BCUT2D eigenvalue weighted by atomic mass is 9.92. The number of amides is 1. The van der Waals surface area contributed by atoms with E-state index in [9.17, 15) is 14.7 Å². The first-order valence-corrected chi connectivity index (χ1v) is 12.6. The molecule has 198 valence electrons. The Hall–Kier alpha value is -3.48. The minimum Gasteiger partial charge on any atom is -0.390 e. The summed E-state index contributed by atoms with van der Waals surface area (Å²) >= 11 is 0. The monoisotopic (exact) mass is 511 g/mol. The van der Waals surface area contributed by atoms with Crippen LogP contribution >= 0.6 is 0 Å². The number of ether oxygens (including phenoxy) is 2. The Labute approximate surface area is 214 Å². The van der Waals surface area contributed by atoms with Crippen LogP contribution in [0.25, 0.3) is 5.65 Å². The number of methoxy groups -OCH3 is 1. The van der Waals surface area contributed by atoms with Gasteiger partial charge < -0.3 is 35.1 Å². The van der Waals surface area contributed by atoms with Crippen molar-refractivity contribution in [3.8, 4) is 0 Å². The first-order chi connectivity index (χ1) is 18.0. The summed E-state index contributed by atoms with van der Waals surface area (Å²) in [6.45, 7) is 0.952. The minimum absolute atomic E-state index is 0.123. The second-order valence-corrected chi connectivity index (χ2v) is 9.57. The fraction of sp³-hybridized carbons (Fsp3) is 0.520. The van der Waals surface area contributed by atoms with Crippen molar-refractivity contribution in [2.45, 2.75) is 43.9 Å². The summed E-state index contributed by atoms with van der Waals surface area (Å²) in [6.07, 6.45) is 6.55. The molecule has 4 N–H and O–H groups in total. The number of nitrogens with zero attached hydrogens (tertiary/aromatic N) is 4. The number of nitrogens with one attached hydrogen (secondary N) is 3. The molecular formula is C25H33N7O5. The highest BCUT2D eigenvalue weighted by Gasteiger charge is 2.27. The fourth-order valence-corrected chi connectivity index (χ4v) is 5.06. The van der Waals surface area contributed by atoms with Gasteiger partial charge in [-0.2, -0.15) is 9.61 Å². The van der Waals surface area contributed by atoms with Crippen LogP contribution in [0.5, 0.6) is 0 Å². The van der Waals surface area contributed by atoms with Crippen molar-refractivity contribution in [2.75, 3.05) is 44.5 Å². The number of rotatable bonds is 8. The Balaban J connectivity index is 1.38. The molecule has 4 heterocycles. The van der Waals surface area contributed by atoms with Crippen molar-refractivity contribution < 1.29 is 19.4 Å². The lowest BCUT2D eigenvalue weighted by Crippen LogP contribution is -2.34. The SMILES string of the molecule is CNc1cc(Nc2cccn(C3CCC(OC)CC3)c2=O)nc2c(C(=O)NC[C@H]3COC[C@H]3O)cnn12. The number of anilines is 3. The fourth-order valence-electron chi connectivity index (χ4n) is 5.06. The summed E-state index contributed by atoms with van der Waals surface area (Å²) < 4.78 is 14.0. The lowest BCUT2D eigenvalue weighted by molar-refractivity contribution is 0.0580. The van der Waals surface area contributed by atoms with Crippen LogP contribution in [0.3, 0.4) is 0 Å². The van der Waals surface area contributed by atoms with E-state index in [0.717, 1.165) is 25.7 Å². The Morgan fingerprint density at radius 3 is 2.78 bits per heavy atom. The van der Waals surface area contributed by atoms with E-state index in [1.165, 1.54) is 10.7 Å². The van der Waals surface area contributed by atoms with E-state index in [4.69, 9.17) is 9.47 Å². The molecule has 1 saturated heterocycles. The average molecular weight is 512 g/mol. The zero-order valence-electron chi connectivity index (χ0n) is 21.0. The molecule has 3 aromatic heterocycles. The van der Waals surface area contributed by atoms with E-state index < -0.39 is 6.10 Å². The summed E-state index contributed by atoms with van der Waals surface area (Å²) in [5.41, 5.74) is 0.897. The number of aliphatic hydroxyl groups excluding tert-OH is 1. The molecule has 0 radical (unpaired) electrons. The number of hydrogen-bond acceptors (Lipinski definition) is 9. The molecule has 3 aromatic rings. The number of fused-ring (bicyclic) bond motifs is 1. The molecule has 0 aromatic carbocycles. The number of aromatic nitrogens is 4. The first-order valence-electron chi connectivity index (χ1n) is 12.6. The molecule has 1 aliphatic carbocycles. The molecule has 1 aliphatic heterocycles. The van der Waals surface area contributed by atoms with Crippen LogP contribution in [-0.2, 0) is 9.47 Å². The molecule has 0 unspecified atom stereocenters. The second kappa shape index (κ2) is 10.9. The summed E-state index contributed by atoms with van der Waals surface area (Å²) in [5, 5.41) is 23.3. The maximum absolute atomic E-state index is 13.3. The number of carbonyl (C=O) groups is 1. The number of hydrogen-bond donors (Lipinski definition) is 4. The molecule has 1 saturated carbocycles. The third kappa shape index (κ3) is 5.17. The third-order valence-electron chi connectivity index (χ3n) is 7.27. The van der Waals surface area contributed by atoms with Gasteiger partial charge in [0, 0.05) is 44.9 Å². The molecule has 12 nitrogen and oxygen atoms in total. The highest BCUT2D eigenvalue weighted by Crippen LogP contribution is 2.29. The smallest absolute Gasteiger partial charge is 0.274 e. The second-order valence-electron chi connectivity index (χ2n) is 9.57. The van der Waals surface area contributed by atoms with E-state index >= 15 is 0 Å².